The van der Waals surface area contributed by atoms with Crippen molar-refractivity contribution in [3.63, 3.8) is 0 Å². The summed E-state index contributed by atoms with van der Waals surface area (Å²) in [5, 5.41) is 28.9. The van der Waals surface area contributed by atoms with Crippen molar-refractivity contribution in [1.29, 1.82) is 0 Å². The average molecular weight is 690 g/mol. The molecule has 11 heteroatoms. The van der Waals surface area contributed by atoms with Gasteiger partial charge in [0.05, 0.1) is 29.6 Å². The van der Waals surface area contributed by atoms with Crippen LogP contribution in [0.25, 0.3) is 0 Å². The molecule has 6 fully saturated rings. The van der Waals surface area contributed by atoms with Crippen molar-refractivity contribution < 1.29 is 38.7 Å². The van der Waals surface area contributed by atoms with Crippen molar-refractivity contribution in [1.82, 2.24) is 4.90 Å². The third kappa shape index (κ3) is 4.19. The van der Waals surface area contributed by atoms with Gasteiger partial charge in [-0.2, -0.15) is 0 Å². The number of piperidine rings is 1. The number of carbonyl (C=O) groups is 2. The molecule has 0 aromatic heterocycles. The predicted molar refractivity (Wildman–Crippen MR) is 186 cm³/mol. The third-order valence-corrected chi connectivity index (χ3v) is 14.2. The van der Waals surface area contributed by atoms with Crippen LogP contribution in [0, 0.1) is 29.1 Å². The van der Waals surface area contributed by atoms with Crippen LogP contribution in [0.3, 0.4) is 0 Å². The number of nitrogens with zero attached hydrogens (tertiary/aromatic N) is 2. The number of ether oxygens (including phenoxy) is 4. The Labute approximate surface area is 294 Å². The lowest BCUT2D eigenvalue weighted by molar-refractivity contribution is -0.337. The summed E-state index contributed by atoms with van der Waals surface area (Å²) in [4.78, 5) is 32.2. The van der Waals surface area contributed by atoms with Crippen LogP contribution in [-0.4, -0.2) is 117 Å². The minimum Gasteiger partial charge on any atom is -0.454 e. The molecule has 1 saturated heterocycles. The number of nitrogens with one attached hydrogen (secondary N) is 1. The maximum atomic E-state index is 14.5. The molecular weight excluding hydrogens is 638 g/mol. The van der Waals surface area contributed by atoms with E-state index in [0.29, 0.717) is 56.4 Å². The molecule has 11 nitrogen and oxygen atoms in total. The van der Waals surface area contributed by atoms with Crippen LogP contribution in [0.1, 0.15) is 59.7 Å². The Hall–Kier alpha value is -3.06. The Morgan fingerprint density at radius 2 is 1.72 bits per heavy atom. The van der Waals surface area contributed by atoms with Crippen LogP contribution >= 0.6 is 0 Å². The van der Waals surface area contributed by atoms with E-state index in [0.717, 1.165) is 5.69 Å². The summed E-state index contributed by atoms with van der Waals surface area (Å²) < 4.78 is 25.3. The Morgan fingerprint density at radius 3 is 2.38 bits per heavy atom. The lowest BCUT2D eigenvalue weighted by atomic mass is 9.44. The number of rotatable bonds is 9. The molecule has 6 aliphatic rings. The molecule has 2 aromatic carbocycles. The summed E-state index contributed by atoms with van der Waals surface area (Å²) in [6, 6.07) is 14.2. The lowest BCUT2D eigenvalue weighted by Crippen LogP contribution is -2.83. The van der Waals surface area contributed by atoms with Crippen molar-refractivity contribution in [2.24, 2.45) is 29.1 Å². The van der Waals surface area contributed by atoms with Gasteiger partial charge in [-0.25, -0.2) is 4.79 Å². The van der Waals surface area contributed by atoms with Crippen LogP contribution in [-0.2, 0) is 18.9 Å². The summed E-state index contributed by atoms with van der Waals surface area (Å²) in [6.45, 7) is 3.33. The molecule has 3 N–H and O–H groups in total. The number of hydrogen-bond acceptors (Lipinski definition) is 10. The zero-order valence-electron chi connectivity index (χ0n) is 29.9. The van der Waals surface area contributed by atoms with E-state index >= 15 is 0 Å². The van der Waals surface area contributed by atoms with Crippen molar-refractivity contribution >= 4 is 23.3 Å². The maximum absolute atomic E-state index is 14.5. The van der Waals surface area contributed by atoms with Crippen molar-refractivity contribution in [3.05, 3.63) is 59.7 Å². The predicted octanol–water partition coefficient (Wildman–Crippen LogP) is 3.58. The van der Waals surface area contributed by atoms with Gasteiger partial charge in [-0.15, -0.1) is 0 Å². The minimum atomic E-state index is -1.50. The monoisotopic (exact) mass is 689 g/mol. The van der Waals surface area contributed by atoms with Gasteiger partial charge >= 0.3 is 5.97 Å². The maximum Gasteiger partial charge on any atom is 0.340 e. The molecule has 12 atom stereocenters. The summed E-state index contributed by atoms with van der Waals surface area (Å²) in [5.41, 5.74) is -2.31. The van der Waals surface area contributed by atoms with Crippen LogP contribution in [0.15, 0.2) is 48.5 Å². The summed E-state index contributed by atoms with van der Waals surface area (Å²) in [6.07, 6.45) is 1.76. The van der Waals surface area contributed by atoms with E-state index in [2.05, 4.69) is 17.1 Å². The second-order valence-electron chi connectivity index (χ2n) is 15.9. The Kier molecular flexibility index (Phi) is 7.99. The Bertz CT molecular complexity index is 1670. The number of amides is 1. The highest BCUT2D eigenvalue weighted by molar-refractivity contribution is 6.08. The number of benzene rings is 2. The first-order chi connectivity index (χ1) is 23.9. The average Bonchev–Trinajstić information content (AvgIpc) is 3.54. The van der Waals surface area contributed by atoms with E-state index in [1.54, 1.807) is 57.7 Å². The van der Waals surface area contributed by atoms with Crippen LogP contribution in [0.2, 0.25) is 0 Å². The Morgan fingerprint density at radius 1 is 0.980 bits per heavy atom. The largest absolute Gasteiger partial charge is 0.454 e. The van der Waals surface area contributed by atoms with Gasteiger partial charge in [-0.3, -0.25) is 9.69 Å². The number of likely N-dealkylation sites (N-methyl/N-ethyl adjacent to an activating group) is 1. The summed E-state index contributed by atoms with van der Waals surface area (Å²) in [5.74, 6) is -1.72. The molecule has 5 saturated carbocycles. The van der Waals surface area contributed by atoms with Gasteiger partial charge in [0.1, 0.15) is 16.8 Å². The number of fused-ring (bicyclic) bond motifs is 2. The molecule has 7 bridgehead atoms. The van der Waals surface area contributed by atoms with Gasteiger partial charge in [0.15, 0.2) is 0 Å². The molecular formula is C39H51N3O8. The number of esters is 1. The minimum absolute atomic E-state index is 0.0674. The number of methoxy groups -OCH3 is 3. The molecule has 0 radical (unpaired) electrons. The van der Waals surface area contributed by atoms with E-state index in [4.69, 9.17) is 18.9 Å². The highest BCUT2D eigenvalue weighted by Crippen LogP contribution is 2.79. The second-order valence-corrected chi connectivity index (χ2v) is 15.9. The number of anilines is 2. The van der Waals surface area contributed by atoms with Gasteiger partial charge in [-0.1, -0.05) is 19.1 Å². The first-order valence-electron chi connectivity index (χ1n) is 18.1. The standard InChI is InChI=1S/C39H51N3O8/c1-7-42-21-36(50-35(44)24-10-8-9-11-27(24)40-34(43)22-12-14-23(15-13-22)41(2)3)17-16-31(48-5)38-29(36)19-26(32(38)42)37(45)20-28(47-4)25-18-30(38)39(37,46)33(25)49-6/h8-15,25-26,28-33,45-46H,7,16-21H2,1-6H3,(H,40,43)/t25-,26+,28+,29-,30+,31+,32?,33+,36-,37+,38+,39+/m1/s1. The fourth-order valence-corrected chi connectivity index (χ4v) is 12.5. The highest BCUT2D eigenvalue weighted by atomic mass is 16.6. The van der Waals surface area contributed by atoms with Crippen molar-refractivity contribution in [2.75, 3.05) is 58.7 Å². The van der Waals surface area contributed by atoms with E-state index < -0.39 is 34.3 Å². The van der Waals surface area contributed by atoms with Gasteiger partial charge < -0.3 is 39.4 Å². The lowest BCUT2D eigenvalue weighted by Gasteiger charge is -2.70. The number of hydrogen-bond donors (Lipinski definition) is 3. The molecule has 5 aliphatic carbocycles. The van der Waals surface area contributed by atoms with Crippen LogP contribution in [0.5, 0.6) is 0 Å². The Balaban J connectivity index is 1.17. The molecule has 1 amide bonds. The summed E-state index contributed by atoms with van der Waals surface area (Å²) >= 11 is 0. The quantitative estimate of drug-likeness (QED) is 0.336. The zero-order valence-corrected chi connectivity index (χ0v) is 29.9. The molecule has 1 aliphatic heterocycles. The van der Waals surface area contributed by atoms with Gasteiger partial charge in [0.2, 0.25) is 0 Å². The van der Waals surface area contributed by atoms with Crippen LogP contribution in [0.4, 0.5) is 11.4 Å². The smallest absolute Gasteiger partial charge is 0.340 e. The second kappa shape index (κ2) is 11.7. The highest BCUT2D eigenvalue weighted by Gasteiger charge is 2.89. The number of aliphatic hydroxyl groups is 2. The molecule has 270 valence electrons. The zero-order chi connectivity index (χ0) is 35.4. The normalized spacial score (nSPS) is 42.2. The molecule has 1 unspecified atom stereocenters. The third-order valence-electron chi connectivity index (χ3n) is 14.2. The van der Waals surface area contributed by atoms with Gasteiger partial charge in [0, 0.05) is 94.8 Å². The molecule has 8 rings (SSSR count). The first kappa shape index (κ1) is 34.0. The van der Waals surface area contributed by atoms with Crippen molar-refractivity contribution in [2.45, 2.75) is 80.2 Å². The van der Waals surface area contributed by atoms with E-state index in [-0.39, 0.29) is 53.4 Å². The fraction of sp³-hybridized carbons (Fsp3) is 0.641. The topological polar surface area (TPSA) is 130 Å². The molecule has 1 spiro atoms. The van der Waals surface area contributed by atoms with E-state index in [1.807, 2.05) is 31.1 Å². The van der Waals surface area contributed by atoms with E-state index in [9.17, 15) is 19.8 Å². The fourth-order valence-electron chi connectivity index (χ4n) is 12.5. The molecule has 1 heterocycles. The summed E-state index contributed by atoms with van der Waals surface area (Å²) in [7, 11) is 8.95. The van der Waals surface area contributed by atoms with Gasteiger partial charge in [0.25, 0.3) is 5.91 Å². The van der Waals surface area contributed by atoms with Crippen molar-refractivity contribution in [3.8, 4) is 0 Å². The van der Waals surface area contributed by atoms with Gasteiger partial charge in [-0.05, 0) is 68.6 Å². The van der Waals surface area contributed by atoms with E-state index in [1.165, 1.54) is 0 Å². The van der Waals surface area contributed by atoms with Crippen LogP contribution < -0.4 is 10.2 Å². The number of likely N-dealkylation sites (tertiary alicyclic amines) is 1. The number of para-hydroxylation sites is 1. The number of carbonyl (C=O) groups excluding carboxylic acids is 2. The molecule has 50 heavy (non-hydrogen) atoms. The molecule has 2 aromatic rings. The SMILES string of the molecule is CCN1C[C@]2(OC(=O)c3ccccc3NC(=O)c3ccc(N(C)C)cc3)CC[C@H](OC)[C@]34C1[C@H](C[C@H]23)[C@@]1(O)C[C@H](OC)[C@H]2C[C@@H]4[C@]1(O)[C@H]2OC. The first-order valence-corrected chi connectivity index (χ1v) is 18.1.